The van der Waals surface area contributed by atoms with E-state index in [1.807, 2.05) is 0 Å². The fraction of sp³-hybridized carbons (Fsp3) is 0.455. The average molecular weight is 247 g/mol. The lowest BCUT2D eigenvalue weighted by atomic mass is 10.1. The zero-order valence-electron chi connectivity index (χ0n) is 9.17. The van der Waals surface area contributed by atoms with Crippen molar-refractivity contribution in [3.63, 3.8) is 0 Å². The quantitative estimate of drug-likeness (QED) is 0.890. The topological polar surface area (TPSA) is 30.5 Å². The highest BCUT2D eigenvalue weighted by molar-refractivity contribution is 5.56. The fourth-order valence-corrected chi connectivity index (χ4v) is 1.55. The number of hydrogen-bond acceptors (Lipinski definition) is 3. The van der Waals surface area contributed by atoms with Crippen LogP contribution in [0, 0.1) is 0 Å². The Morgan fingerprint density at radius 1 is 1.35 bits per heavy atom. The number of rotatable bonds is 3. The molecule has 94 valence electrons. The minimum atomic E-state index is -4.40. The second-order valence-corrected chi connectivity index (χ2v) is 3.79. The van der Waals surface area contributed by atoms with Crippen molar-refractivity contribution in [2.24, 2.45) is 0 Å². The number of ether oxygens (including phenoxy) is 2. The minimum Gasteiger partial charge on any atom is -0.497 e. The van der Waals surface area contributed by atoms with Crippen LogP contribution >= 0.6 is 0 Å². The lowest BCUT2D eigenvalue weighted by Crippen LogP contribution is -2.40. The van der Waals surface area contributed by atoms with E-state index in [9.17, 15) is 13.2 Å². The van der Waals surface area contributed by atoms with Gasteiger partial charge in [0.25, 0.3) is 0 Å². The van der Waals surface area contributed by atoms with Crippen LogP contribution in [0.4, 0.5) is 18.9 Å². The van der Waals surface area contributed by atoms with Crippen molar-refractivity contribution in [2.75, 3.05) is 25.6 Å². The number of methoxy groups -OCH3 is 1. The van der Waals surface area contributed by atoms with Gasteiger partial charge in [0.05, 0.1) is 31.9 Å². The van der Waals surface area contributed by atoms with Gasteiger partial charge in [-0.15, -0.1) is 0 Å². The summed E-state index contributed by atoms with van der Waals surface area (Å²) >= 11 is 0. The van der Waals surface area contributed by atoms with Gasteiger partial charge in [-0.1, -0.05) is 0 Å². The molecule has 1 aromatic carbocycles. The summed E-state index contributed by atoms with van der Waals surface area (Å²) in [5.41, 5.74) is -0.657. The van der Waals surface area contributed by atoms with Gasteiger partial charge in [0.15, 0.2) is 0 Å². The Labute approximate surface area is 96.5 Å². The van der Waals surface area contributed by atoms with Crippen LogP contribution in [0.15, 0.2) is 18.2 Å². The SMILES string of the molecule is COc1ccc(NC2COC2)c(C(F)(F)F)c1. The molecule has 0 atom stereocenters. The number of nitrogens with one attached hydrogen (secondary N) is 1. The number of hydrogen-bond donors (Lipinski definition) is 1. The van der Waals surface area contributed by atoms with Gasteiger partial charge in [-0.05, 0) is 18.2 Å². The first-order chi connectivity index (χ1) is 8.00. The molecule has 1 fully saturated rings. The first-order valence-corrected chi connectivity index (χ1v) is 5.10. The van der Waals surface area contributed by atoms with Crippen LogP contribution < -0.4 is 10.1 Å². The third kappa shape index (κ3) is 2.63. The Balaban J connectivity index is 2.28. The molecule has 1 aromatic rings. The summed E-state index contributed by atoms with van der Waals surface area (Å²) in [5, 5.41) is 2.80. The lowest BCUT2D eigenvalue weighted by molar-refractivity contribution is -0.137. The number of halogens is 3. The number of anilines is 1. The fourth-order valence-electron chi connectivity index (χ4n) is 1.55. The monoisotopic (exact) mass is 247 g/mol. The van der Waals surface area contributed by atoms with E-state index in [0.29, 0.717) is 13.2 Å². The molecule has 0 aromatic heterocycles. The molecule has 0 unspecified atom stereocenters. The molecule has 1 heterocycles. The maximum Gasteiger partial charge on any atom is 0.418 e. The molecule has 0 radical (unpaired) electrons. The summed E-state index contributed by atoms with van der Waals surface area (Å²) in [6, 6.07) is 3.81. The molecule has 0 amide bonds. The highest BCUT2D eigenvalue weighted by atomic mass is 19.4. The maximum atomic E-state index is 12.8. The Morgan fingerprint density at radius 3 is 2.53 bits per heavy atom. The summed E-state index contributed by atoms with van der Waals surface area (Å²) in [6.07, 6.45) is -4.40. The van der Waals surface area contributed by atoms with Gasteiger partial charge in [0, 0.05) is 5.69 Å². The van der Waals surface area contributed by atoms with E-state index in [4.69, 9.17) is 9.47 Å². The van der Waals surface area contributed by atoms with Crippen molar-refractivity contribution in [3.05, 3.63) is 23.8 Å². The van der Waals surface area contributed by atoms with Crippen molar-refractivity contribution in [1.29, 1.82) is 0 Å². The van der Waals surface area contributed by atoms with Crippen LogP contribution in [0.5, 0.6) is 5.75 Å². The van der Waals surface area contributed by atoms with Gasteiger partial charge in [-0.25, -0.2) is 0 Å². The second kappa shape index (κ2) is 4.44. The highest BCUT2D eigenvalue weighted by Gasteiger charge is 2.35. The normalized spacial score (nSPS) is 16.5. The molecule has 0 bridgehead atoms. The molecule has 0 aliphatic carbocycles. The molecule has 17 heavy (non-hydrogen) atoms. The molecule has 6 heteroatoms. The van der Waals surface area contributed by atoms with E-state index in [1.165, 1.54) is 19.2 Å². The first-order valence-electron chi connectivity index (χ1n) is 5.10. The van der Waals surface area contributed by atoms with Gasteiger partial charge in [-0.3, -0.25) is 0 Å². The molecule has 1 aliphatic heterocycles. The van der Waals surface area contributed by atoms with E-state index in [1.54, 1.807) is 0 Å². The van der Waals surface area contributed by atoms with Gasteiger partial charge < -0.3 is 14.8 Å². The third-order valence-electron chi connectivity index (χ3n) is 2.53. The molecule has 0 spiro atoms. The van der Waals surface area contributed by atoms with Gasteiger partial charge >= 0.3 is 6.18 Å². The van der Waals surface area contributed by atoms with E-state index in [0.717, 1.165) is 6.07 Å². The molecular formula is C11H12F3NO2. The second-order valence-electron chi connectivity index (χ2n) is 3.79. The zero-order valence-corrected chi connectivity index (χ0v) is 9.17. The van der Waals surface area contributed by atoms with Crippen molar-refractivity contribution >= 4 is 5.69 Å². The predicted octanol–water partition coefficient (Wildman–Crippen LogP) is 2.52. The molecule has 3 nitrogen and oxygen atoms in total. The summed E-state index contributed by atoms with van der Waals surface area (Å²) in [4.78, 5) is 0. The Kier molecular flexibility index (Phi) is 3.15. The maximum absolute atomic E-state index is 12.8. The van der Waals surface area contributed by atoms with E-state index >= 15 is 0 Å². The Hall–Kier alpha value is -1.43. The van der Waals surface area contributed by atoms with Gasteiger partial charge in [0.1, 0.15) is 5.75 Å². The molecule has 1 N–H and O–H groups in total. The van der Waals surface area contributed by atoms with Gasteiger partial charge in [-0.2, -0.15) is 13.2 Å². The van der Waals surface area contributed by atoms with Crippen molar-refractivity contribution < 1.29 is 22.6 Å². The van der Waals surface area contributed by atoms with Crippen LogP contribution in [0.1, 0.15) is 5.56 Å². The van der Waals surface area contributed by atoms with Crippen molar-refractivity contribution in [2.45, 2.75) is 12.2 Å². The van der Waals surface area contributed by atoms with Crippen molar-refractivity contribution in [1.82, 2.24) is 0 Å². The van der Waals surface area contributed by atoms with Crippen LogP contribution in [0.2, 0.25) is 0 Å². The first kappa shape index (κ1) is 12.0. The summed E-state index contributed by atoms with van der Waals surface area (Å²) in [7, 11) is 1.34. The molecule has 1 saturated heterocycles. The predicted molar refractivity (Wildman–Crippen MR) is 56.2 cm³/mol. The lowest BCUT2D eigenvalue weighted by Gasteiger charge is -2.29. The van der Waals surface area contributed by atoms with Crippen LogP contribution in [0.25, 0.3) is 0 Å². The minimum absolute atomic E-state index is 0.0514. The smallest absolute Gasteiger partial charge is 0.418 e. The van der Waals surface area contributed by atoms with Crippen LogP contribution in [-0.2, 0) is 10.9 Å². The summed E-state index contributed by atoms with van der Waals surface area (Å²) in [6.45, 7) is 0.868. The third-order valence-corrected chi connectivity index (χ3v) is 2.53. The van der Waals surface area contributed by atoms with E-state index in [2.05, 4.69) is 5.32 Å². The van der Waals surface area contributed by atoms with E-state index in [-0.39, 0.29) is 17.5 Å². The van der Waals surface area contributed by atoms with Crippen LogP contribution in [0.3, 0.4) is 0 Å². The molecule has 0 saturated carbocycles. The zero-order chi connectivity index (χ0) is 12.5. The Morgan fingerprint density at radius 2 is 2.06 bits per heavy atom. The molecular weight excluding hydrogens is 235 g/mol. The van der Waals surface area contributed by atoms with E-state index < -0.39 is 11.7 Å². The summed E-state index contributed by atoms with van der Waals surface area (Å²) in [5.74, 6) is 0.188. The van der Waals surface area contributed by atoms with Crippen LogP contribution in [-0.4, -0.2) is 26.4 Å². The standard InChI is InChI=1S/C11H12F3NO2/c1-16-8-2-3-10(15-7-5-17-6-7)9(4-8)11(12,13)14/h2-4,7,15H,5-6H2,1H3. The molecule has 2 rings (SSSR count). The average Bonchev–Trinajstić information content (AvgIpc) is 2.22. The highest BCUT2D eigenvalue weighted by Crippen LogP contribution is 2.37. The Bertz CT molecular complexity index is 402. The number of benzene rings is 1. The summed E-state index contributed by atoms with van der Waals surface area (Å²) < 4.78 is 48.1. The van der Waals surface area contributed by atoms with Crippen molar-refractivity contribution in [3.8, 4) is 5.75 Å². The van der Waals surface area contributed by atoms with Gasteiger partial charge in [0.2, 0.25) is 0 Å². The molecule has 1 aliphatic rings. The number of alkyl halides is 3. The largest absolute Gasteiger partial charge is 0.497 e.